The summed E-state index contributed by atoms with van der Waals surface area (Å²) in [6, 6.07) is 3.87. The molecule has 1 aromatic carbocycles. The SMILES string of the molecule is Cc1cccc(F)c1NC(=O)NC(C)CCCC(=O)O. The van der Waals surface area contributed by atoms with Gasteiger partial charge in [-0.25, -0.2) is 9.18 Å². The number of carboxylic acids is 1. The summed E-state index contributed by atoms with van der Waals surface area (Å²) < 4.78 is 13.5. The molecule has 0 saturated carbocycles. The van der Waals surface area contributed by atoms with Crippen LogP contribution in [0.1, 0.15) is 31.7 Å². The highest BCUT2D eigenvalue weighted by Gasteiger charge is 2.11. The summed E-state index contributed by atoms with van der Waals surface area (Å²) in [5.74, 6) is -1.35. The highest BCUT2D eigenvalue weighted by atomic mass is 19.1. The first kappa shape index (κ1) is 15.9. The third-order valence-corrected chi connectivity index (χ3v) is 2.87. The molecule has 0 fully saturated rings. The third kappa shape index (κ3) is 5.26. The lowest BCUT2D eigenvalue weighted by atomic mass is 10.1. The van der Waals surface area contributed by atoms with Gasteiger partial charge in [-0.3, -0.25) is 4.79 Å². The normalized spacial score (nSPS) is 11.8. The number of carbonyl (C=O) groups is 2. The van der Waals surface area contributed by atoms with Gasteiger partial charge in [-0.1, -0.05) is 12.1 Å². The van der Waals surface area contributed by atoms with E-state index >= 15 is 0 Å². The lowest BCUT2D eigenvalue weighted by Crippen LogP contribution is -2.36. The number of aryl methyl sites for hydroxylation is 1. The van der Waals surface area contributed by atoms with Gasteiger partial charge in [0.05, 0.1) is 5.69 Å². The van der Waals surface area contributed by atoms with E-state index in [1.54, 1.807) is 26.0 Å². The summed E-state index contributed by atoms with van der Waals surface area (Å²) in [4.78, 5) is 22.1. The molecule has 5 nitrogen and oxygen atoms in total. The molecule has 0 aliphatic rings. The number of halogens is 1. The van der Waals surface area contributed by atoms with Crippen molar-refractivity contribution in [3.8, 4) is 0 Å². The van der Waals surface area contributed by atoms with E-state index in [9.17, 15) is 14.0 Å². The molecular weight excluding hydrogens is 263 g/mol. The van der Waals surface area contributed by atoms with Crippen LogP contribution in [0.15, 0.2) is 18.2 Å². The Morgan fingerprint density at radius 1 is 1.40 bits per heavy atom. The first-order valence-corrected chi connectivity index (χ1v) is 6.44. The molecule has 0 aliphatic carbocycles. The zero-order valence-electron chi connectivity index (χ0n) is 11.6. The number of urea groups is 1. The van der Waals surface area contributed by atoms with Crippen LogP contribution < -0.4 is 10.6 Å². The number of amides is 2. The second-order valence-electron chi connectivity index (χ2n) is 4.72. The van der Waals surface area contributed by atoms with Gasteiger partial charge < -0.3 is 15.7 Å². The molecule has 2 amide bonds. The second kappa shape index (κ2) is 7.47. The lowest BCUT2D eigenvalue weighted by Gasteiger charge is -2.15. The molecule has 1 atom stereocenters. The van der Waals surface area contributed by atoms with E-state index in [2.05, 4.69) is 10.6 Å². The minimum absolute atomic E-state index is 0.0695. The topological polar surface area (TPSA) is 78.4 Å². The number of anilines is 1. The molecule has 0 spiro atoms. The molecule has 1 aromatic rings. The standard InChI is InChI=1S/C14H19FN2O3/c1-9-5-3-7-11(15)13(9)17-14(20)16-10(2)6-4-8-12(18)19/h3,5,7,10H,4,6,8H2,1-2H3,(H,18,19)(H2,16,17,20). The Labute approximate surface area is 117 Å². The summed E-state index contributed by atoms with van der Waals surface area (Å²) >= 11 is 0. The predicted molar refractivity (Wildman–Crippen MR) is 74.2 cm³/mol. The van der Waals surface area contributed by atoms with E-state index in [0.717, 1.165) is 0 Å². The van der Waals surface area contributed by atoms with Crippen molar-refractivity contribution in [3.63, 3.8) is 0 Å². The number of para-hydroxylation sites is 1. The van der Waals surface area contributed by atoms with E-state index in [1.165, 1.54) is 6.07 Å². The minimum atomic E-state index is -0.858. The Morgan fingerprint density at radius 3 is 2.70 bits per heavy atom. The molecule has 0 aromatic heterocycles. The fourth-order valence-electron chi connectivity index (χ4n) is 1.80. The highest BCUT2D eigenvalue weighted by Crippen LogP contribution is 2.18. The van der Waals surface area contributed by atoms with Crippen LogP contribution in [0, 0.1) is 12.7 Å². The van der Waals surface area contributed by atoms with Crippen LogP contribution in [0.5, 0.6) is 0 Å². The van der Waals surface area contributed by atoms with Crippen molar-refractivity contribution in [2.24, 2.45) is 0 Å². The largest absolute Gasteiger partial charge is 0.481 e. The molecule has 1 rings (SSSR count). The Balaban J connectivity index is 2.45. The maximum atomic E-state index is 13.5. The molecule has 0 saturated heterocycles. The van der Waals surface area contributed by atoms with Crippen molar-refractivity contribution in [1.82, 2.24) is 5.32 Å². The van der Waals surface area contributed by atoms with Crippen LogP contribution in [0.2, 0.25) is 0 Å². The molecule has 3 N–H and O–H groups in total. The summed E-state index contributed by atoms with van der Waals surface area (Å²) in [6.07, 6.45) is 1.10. The van der Waals surface area contributed by atoms with Crippen molar-refractivity contribution >= 4 is 17.7 Å². The van der Waals surface area contributed by atoms with Crippen LogP contribution >= 0.6 is 0 Å². The maximum absolute atomic E-state index is 13.5. The Hall–Kier alpha value is -2.11. The Kier molecular flexibility index (Phi) is 5.96. The highest BCUT2D eigenvalue weighted by molar-refractivity contribution is 5.90. The predicted octanol–water partition coefficient (Wildman–Crippen LogP) is 2.90. The summed E-state index contributed by atoms with van der Waals surface area (Å²) in [5.41, 5.74) is 0.793. The van der Waals surface area contributed by atoms with Crippen LogP contribution in [-0.4, -0.2) is 23.1 Å². The summed E-state index contributed by atoms with van der Waals surface area (Å²) in [5, 5.41) is 13.6. The number of hydrogen-bond acceptors (Lipinski definition) is 2. The maximum Gasteiger partial charge on any atom is 0.319 e. The van der Waals surface area contributed by atoms with Gasteiger partial charge in [-0.2, -0.15) is 0 Å². The first-order valence-electron chi connectivity index (χ1n) is 6.44. The second-order valence-corrected chi connectivity index (χ2v) is 4.72. The van der Waals surface area contributed by atoms with Crippen LogP contribution in [0.25, 0.3) is 0 Å². The number of hydrogen-bond donors (Lipinski definition) is 3. The number of benzene rings is 1. The van der Waals surface area contributed by atoms with Gasteiger partial charge >= 0.3 is 12.0 Å². The molecule has 1 unspecified atom stereocenters. The minimum Gasteiger partial charge on any atom is -0.481 e. The van der Waals surface area contributed by atoms with Gasteiger partial charge in [0.15, 0.2) is 0 Å². The van der Waals surface area contributed by atoms with Gasteiger partial charge in [0.2, 0.25) is 0 Å². The molecular formula is C14H19FN2O3. The van der Waals surface area contributed by atoms with Crippen molar-refractivity contribution in [1.29, 1.82) is 0 Å². The average Bonchev–Trinajstić information content (AvgIpc) is 2.33. The number of rotatable bonds is 6. The zero-order valence-corrected chi connectivity index (χ0v) is 11.6. The number of carbonyl (C=O) groups excluding carboxylic acids is 1. The third-order valence-electron chi connectivity index (χ3n) is 2.87. The van der Waals surface area contributed by atoms with Crippen LogP contribution in [-0.2, 0) is 4.79 Å². The van der Waals surface area contributed by atoms with E-state index in [-0.39, 0.29) is 18.2 Å². The molecule has 0 radical (unpaired) electrons. The van der Waals surface area contributed by atoms with E-state index < -0.39 is 17.8 Å². The summed E-state index contributed by atoms with van der Waals surface area (Å²) in [7, 11) is 0. The fraction of sp³-hybridized carbons (Fsp3) is 0.429. The van der Waals surface area contributed by atoms with Gasteiger partial charge in [-0.15, -0.1) is 0 Å². The van der Waals surface area contributed by atoms with E-state index in [1.807, 2.05) is 0 Å². The van der Waals surface area contributed by atoms with E-state index in [4.69, 9.17) is 5.11 Å². The monoisotopic (exact) mass is 282 g/mol. The summed E-state index contributed by atoms with van der Waals surface area (Å²) in [6.45, 7) is 3.48. The lowest BCUT2D eigenvalue weighted by molar-refractivity contribution is -0.137. The molecule has 20 heavy (non-hydrogen) atoms. The molecule has 0 heterocycles. The van der Waals surface area contributed by atoms with E-state index in [0.29, 0.717) is 18.4 Å². The van der Waals surface area contributed by atoms with Gasteiger partial charge in [0.25, 0.3) is 0 Å². The quantitative estimate of drug-likeness (QED) is 0.750. The van der Waals surface area contributed by atoms with Crippen LogP contribution in [0.3, 0.4) is 0 Å². The fourth-order valence-corrected chi connectivity index (χ4v) is 1.80. The molecule has 6 heteroatoms. The molecule has 0 bridgehead atoms. The number of carboxylic acid groups (broad SMARTS) is 1. The van der Waals surface area contributed by atoms with Crippen molar-refractivity contribution in [2.75, 3.05) is 5.32 Å². The average molecular weight is 282 g/mol. The Morgan fingerprint density at radius 2 is 2.10 bits per heavy atom. The van der Waals surface area contributed by atoms with Crippen molar-refractivity contribution in [3.05, 3.63) is 29.6 Å². The van der Waals surface area contributed by atoms with Crippen molar-refractivity contribution < 1.29 is 19.1 Å². The zero-order chi connectivity index (χ0) is 15.1. The molecule has 110 valence electrons. The number of nitrogens with one attached hydrogen (secondary N) is 2. The Bertz CT molecular complexity index is 471. The smallest absolute Gasteiger partial charge is 0.319 e. The van der Waals surface area contributed by atoms with Gasteiger partial charge in [0.1, 0.15) is 5.82 Å². The molecule has 0 aliphatic heterocycles. The number of aliphatic carboxylic acids is 1. The van der Waals surface area contributed by atoms with Crippen LogP contribution in [0.4, 0.5) is 14.9 Å². The first-order chi connectivity index (χ1) is 9.40. The van der Waals surface area contributed by atoms with Crippen molar-refractivity contribution in [2.45, 2.75) is 39.2 Å². The van der Waals surface area contributed by atoms with Gasteiger partial charge in [0, 0.05) is 12.5 Å². The van der Waals surface area contributed by atoms with Gasteiger partial charge in [-0.05, 0) is 38.3 Å².